The largest absolute Gasteiger partial charge is 0.386 e. The Morgan fingerprint density at radius 1 is 1.42 bits per heavy atom. The second-order valence-electron chi connectivity index (χ2n) is 5.28. The van der Waals surface area contributed by atoms with Gasteiger partial charge in [-0.3, -0.25) is 0 Å². The molecule has 1 heterocycles. The van der Waals surface area contributed by atoms with Gasteiger partial charge in [-0.25, -0.2) is 0 Å². The number of hydrogen-bond acceptors (Lipinski definition) is 4. The maximum absolute atomic E-state index is 10.9. The number of aromatic nitrogens is 1. The van der Waals surface area contributed by atoms with Crippen LogP contribution in [-0.4, -0.2) is 15.9 Å². The molecule has 0 unspecified atom stereocenters. The molecule has 19 heavy (non-hydrogen) atoms. The zero-order valence-electron chi connectivity index (χ0n) is 11.3. The van der Waals surface area contributed by atoms with E-state index in [1.807, 2.05) is 0 Å². The van der Waals surface area contributed by atoms with Crippen molar-refractivity contribution in [3.8, 4) is 0 Å². The second kappa shape index (κ2) is 6.50. The molecule has 0 aromatic carbocycles. The zero-order chi connectivity index (χ0) is 13.7. The Kier molecular flexibility index (Phi) is 4.71. The van der Waals surface area contributed by atoms with Gasteiger partial charge < -0.3 is 15.4 Å². The standard InChI is InChI=1S/C14H21N3O2/c1-2-4-11-6-8-12(9-7-11)16-13-5-3-10-15-14(13)17(18)19/h3,5,10-12,16H,2,4,6-9H2,1H3. The number of nitro groups is 1. The molecular formula is C14H21N3O2. The molecular weight excluding hydrogens is 242 g/mol. The van der Waals surface area contributed by atoms with E-state index in [9.17, 15) is 10.1 Å². The van der Waals surface area contributed by atoms with E-state index < -0.39 is 4.92 Å². The van der Waals surface area contributed by atoms with Crippen LogP contribution in [0, 0.1) is 16.0 Å². The van der Waals surface area contributed by atoms with E-state index in [2.05, 4.69) is 17.2 Å². The van der Waals surface area contributed by atoms with Gasteiger partial charge >= 0.3 is 5.82 Å². The lowest BCUT2D eigenvalue weighted by Gasteiger charge is -2.29. The summed E-state index contributed by atoms with van der Waals surface area (Å²) in [7, 11) is 0. The third-order valence-electron chi connectivity index (χ3n) is 3.86. The van der Waals surface area contributed by atoms with Crippen LogP contribution in [-0.2, 0) is 0 Å². The summed E-state index contributed by atoms with van der Waals surface area (Å²) in [4.78, 5) is 14.3. The summed E-state index contributed by atoms with van der Waals surface area (Å²) < 4.78 is 0. The number of rotatable bonds is 5. The molecule has 5 nitrogen and oxygen atoms in total. The summed E-state index contributed by atoms with van der Waals surface area (Å²) in [6, 6.07) is 3.82. The molecule has 1 N–H and O–H groups in total. The van der Waals surface area contributed by atoms with Crippen LogP contribution >= 0.6 is 0 Å². The predicted octanol–water partition coefficient (Wildman–Crippen LogP) is 3.76. The quantitative estimate of drug-likeness (QED) is 0.648. The third kappa shape index (κ3) is 3.66. The van der Waals surface area contributed by atoms with E-state index in [0.29, 0.717) is 11.7 Å². The first-order chi connectivity index (χ1) is 9.20. The fourth-order valence-electron chi connectivity index (χ4n) is 2.88. The molecule has 0 aliphatic heterocycles. The van der Waals surface area contributed by atoms with Gasteiger partial charge in [-0.05, 0) is 53.6 Å². The van der Waals surface area contributed by atoms with Crippen LogP contribution in [0.25, 0.3) is 0 Å². The van der Waals surface area contributed by atoms with Crippen molar-refractivity contribution in [2.24, 2.45) is 5.92 Å². The molecule has 104 valence electrons. The van der Waals surface area contributed by atoms with Gasteiger partial charge in [0.1, 0.15) is 11.9 Å². The number of nitrogens with one attached hydrogen (secondary N) is 1. The molecule has 5 heteroatoms. The van der Waals surface area contributed by atoms with Crippen molar-refractivity contribution >= 4 is 11.5 Å². The third-order valence-corrected chi connectivity index (χ3v) is 3.86. The Labute approximate surface area is 113 Å². The van der Waals surface area contributed by atoms with E-state index >= 15 is 0 Å². The molecule has 1 aromatic heterocycles. The molecule has 1 aliphatic rings. The van der Waals surface area contributed by atoms with Gasteiger partial charge in [0.25, 0.3) is 0 Å². The molecule has 1 aromatic rings. The van der Waals surface area contributed by atoms with Gasteiger partial charge in [0.2, 0.25) is 0 Å². The number of anilines is 1. The molecule has 0 bridgehead atoms. The van der Waals surface area contributed by atoms with Crippen molar-refractivity contribution in [2.75, 3.05) is 5.32 Å². The molecule has 0 radical (unpaired) electrons. The maximum Gasteiger partial charge on any atom is 0.386 e. The van der Waals surface area contributed by atoms with E-state index in [1.165, 1.54) is 31.9 Å². The van der Waals surface area contributed by atoms with Gasteiger partial charge in [-0.1, -0.05) is 19.8 Å². The lowest BCUT2D eigenvalue weighted by Crippen LogP contribution is -2.26. The Morgan fingerprint density at radius 2 is 2.16 bits per heavy atom. The lowest BCUT2D eigenvalue weighted by molar-refractivity contribution is -0.388. The van der Waals surface area contributed by atoms with Gasteiger partial charge in [-0.2, -0.15) is 0 Å². The minimum atomic E-state index is -0.426. The van der Waals surface area contributed by atoms with Gasteiger partial charge in [0.15, 0.2) is 0 Å². The molecule has 1 fully saturated rings. The number of pyridine rings is 1. The van der Waals surface area contributed by atoms with E-state index in [0.717, 1.165) is 18.8 Å². The van der Waals surface area contributed by atoms with Crippen LogP contribution in [0.1, 0.15) is 45.4 Å². The molecule has 1 saturated carbocycles. The number of hydrogen-bond donors (Lipinski definition) is 1. The Morgan fingerprint density at radius 3 is 2.79 bits per heavy atom. The van der Waals surface area contributed by atoms with Crippen LogP contribution in [0.5, 0.6) is 0 Å². The van der Waals surface area contributed by atoms with E-state index in [-0.39, 0.29) is 5.82 Å². The monoisotopic (exact) mass is 263 g/mol. The average Bonchev–Trinajstić information content (AvgIpc) is 2.42. The maximum atomic E-state index is 10.9. The number of nitrogens with zero attached hydrogens (tertiary/aromatic N) is 2. The first-order valence-electron chi connectivity index (χ1n) is 7.06. The first kappa shape index (κ1) is 13.8. The minimum Gasteiger partial charge on any atom is -0.375 e. The van der Waals surface area contributed by atoms with Crippen LogP contribution in [0.15, 0.2) is 18.3 Å². The molecule has 1 aliphatic carbocycles. The van der Waals surface area contributed by atoms with Crippen LogP contribution < -0.4 is 5.32 Å². The first-order valence-corrected chi connectivity index (χ1v) is 7.06. The second-order valence-corrected chi connectivity index (χ2v) is 5.28. The molecule has 2 rings (SSSR count). The van der Waals surface area contributed by atoms with Crippen LogP contribution in [0.3, 0.4) is 0 Å². The van der Waals surface area contributed by atoms with Crippen molar-refractivity contribution in [1.29, 1.82) is 0 Å². The van der Waals surface area contributed by atoms with Crippen molar-refractivity contribution in [1.82, 2.24) is 4.98 Å². The summed E-state index contributed by atoms with van der Waals surface area (Å²) in [5.41, 5.74) is 0.548. The smallest absolute Gasteiger partial charge is 0.375 e. The highest BCUT2D eigenvalue weighted by Gasteiger charge is 2.23. The fourth-order valence-corrected chi connectivity index (χ4v) is 2.88. The molecule has 0 spiro atoms. The van der Waals surface area contributed by atoms with E-state index in [1.54, 1.807) is 12.1 Å². The highest BCUT2D eigenvalue weighted by Crippen LogP contribution is 2.31. The lowest BCUT2D eigenvalue weighted by atomic mass is 9.83. The SMILES string of the molecule is CCCC1CCC(Nc2cccnc2[N+](=O)[O-])CC1. The van der Waals surface area contributed by atoms with Gasteiger partial charge in [0, 0.05) is 6.04 Å². The van der Waals surface area contributed by atoms with Crippen molar-refractivity contribution in [3.63, 3.8) is 0 Å². The summed E-state index contributed by atoms with van der Waals surface area (Å²) >= 11 is 0. The van der Waals surface area contributed by atoms with E-state index in [4.69, 9.17) is 0 Å². The Balaban J connectivity index is 1.94. The fraction of sp³-hybridized carbons (Fsp3) is 0.643. The zero-order valence-corrected chi connectivity index (χ0v) is 11.3. The summed E-state index contributed by atoms with van der Waals surface area (Å²) in [6.45, 7) is 2.23. The van der Waals surface area contributed by atoms with Gasteiger partial charge in [0.05, 0.1) is 0 Å². The van der Waals surface area contributed by atoms with Gasteiger partial charge in [-0.15, -0.1) is 0 Å². The normalized spacial score (nSPS) is 23.0. The molecule has 0 atom stereocenters. The van der Waals surface area contributed by atoms with Crippen molar-refractivity contribution in [2.45, 2.75) is 51.5 Å². The molecule has 0 amide bonds. The highest BCUT2D eigenvalue weighted by molar-refractivity contribution is 5.57. The minimum absolute atomic E-state index is 0.0711. The summed E-state index contributed by atoms with van der Waals surface area (Å²) in [5, 5.41) is 14.2. The van der Waals surface area contributed by atoms with Crippen molar-refractivity contribution < 1.29 is 4.92 Å². The summed E-state index contributed by atoms with van der Waals surface area (Å²) in [5.74, 6) is 0.769. The Bertz CT molecular complexity index is 428. The van der Waals surface area contributed by atoms with Crippen molar-refractivity contribution in [3.05, 3.63) is 28.4 Å². The average molecular weight is 263 g/mol. The molecule has 0 saturated heterocycles. The van der Waals surface area contributed by atoms with Crippen LogP contribution in [0.4, 0.5) is 11.5 Å². The van der Waals surface area contributed by atoms with Crippen LogP contribution in [0.2, 0.25) is 0 Å². The summed E-state index contributed by atoms with van der Waals surface area (Å²) in [6.07, 6.45) is 8.64. The Hall–Kier alpha value is -1.65. The predicted molar refractivity (Wildman–Crippen MR) is 75.2 cm³/mol. The highest BCUT2D eigenvalue weighted by atomic mass is 16.6. The topological polar surface area (TPSA) is 68.1 Å².